The largest absolute Gasteiger partial charge is 0.493 e. The van der Waals surface area contributed by atoms with E-state index >= 15 is 0 Å². The molecule has 0 saturated carbocycles. The monoisotopic (exact) mass is 714 g/mol. The van der Waals surface area contributed by atoms with E-state index < -0.39 is 22.1 Å². The molecule has 2 aliphatic rings. The maximum Gasteiger partial charge on any atom is 0.326 e. The van der Waals surface area contributed by atoms with E-state index in [1.165, 1.54) is 26.2 Å². The van der Waals surface area contributed by atoms with Gasteiger partial charge in [0.2, 0.25) is 15.9 Å². The fourth-order valence-electron chi connectivity index (χ4n) is 5.77. The van der Waals surface area contributed by atoms with Gasteiger partial charge < -0.3 is 14.5 Å². The number of urea groups is 1. The maximum absolute atomic E-state index is 14.8. The van der Waals surface area contributed by atoms with Crippen LogP contribution in [0.3, 0.4) is 0 Å². The topological polar surface area (TPSA) is 106 Å². The van der Waals surface area contributed by atoms with Gasteiger partial charge in [0.05, 0.1) is 29.7 Å². The Labute approximate surface area is 292 Å². The Balaban J connectivity index is 1.63. The number of likely N-dealkylation sites (N-methyl/N-ethyl adjacent to an activating group) is 1. The number of carbonyl (C=O) groups excluding carboxylic acids is 2. The summed E-state index contributed by atoms with van der Waals surface area (Å²) in [5.74, 6) is 0.637. The number of benzene rings is 3. The lowest BCUT2D eigenvalue weighted by molar-refractivity contribution is -0.130. The highest BCUT2D eigenvalue weighted by Crippen LogP contribution is 2.45. The zero-order valence-corrected chi connectivity index (χ0v) is 30.0. The zero-order valence-electron chi connectivity index (χ0n) is 27.6. The van der Waals surface area contributed by atoms with E-state index in [1.54, 1.807) is 59.1 Å². The quantitative estimate of drug-likeness (QED) is 0.309. The molecule has 2 aliphatic heterocycles. The second-order valence-electron chi connectivity index (χ2n) is 12.0. The van der Waals surface area contributed by atoms with Crippen molar-refractivity contribution in [2.75, 3.05) is 67.5 Å². The van der Waals surface area contributed by atoms with E-state index in [2.05, 4.69) is 0 Å². The summed E-state index contributed by atoms with van der Waals surface area (Å²) in [4.78, 5) is 39.4. The van der Waals surface area contributed by atoms with Gasteiger partial charge in [0.1, 0.15) is 17.6 Å². The predicted octanol–water partition coefficient (Wildman–Crippen LogP) is 5.01. The van der Waals surface area contributed by atoms with Crippen molar-refractivity contribution in [1.82, 2.24) is 23.9 Å². The molecule has 0 aromatic heterocycles. The number of piperazine rings is 1. The summed E-state index contributed by atoms with van der Waals surface area (Å²) in [5, 5.41) is 1.12. The van der Waals surface area contributed by atoms with Crippen LogP contribution >= 0.6 is 23.2 Å². The number of hydrogen-bond donors (Lipinski definition) is 0. The Morgan fingerprint density at radius 1 is 0.875 bits per heavy atom. The first-order chi connectivity index (χ1) is 22.8. The van der Waals surface area contributed by atoms with Crippen LogP contribution < -0.4 is 4.74 Å². The third-order valence-corrected chi connectivity index (χ3v) is 10.8. The first kappa shape index (κ1) is 35.6. The molecular formula is C34H40Cl2N6O5S. The Hall–Kier alpha value is -3.68. The summed E-state index contributed by atoms with van der Waals surface area (Å²) >= 11 is 12.6. The van der Waals surface area contributed by atoms with E-state index in [0.717, 1.165) is 15.4 Å². The lowest BCUT2D eigenvalue weighted by atomic mass is 9.93. The molecule has 2 atom stereocenters. The molecule has 11 nitrogen and oxygen atoms in total. The normalized spacial score (nSPS) is 18.6. The molecule has 3 aromatic carbocycles. The van der Waals surface area contributed by atoms with E-state index in [1.807, 2.05) is 36.1 Å². The van der Waals surface area contributed by atoms with Gasteiger partial charge in [0, 0.05) is 70.5 Å². The Bertz CT molecular complexity index is 1780. The van der Waals surface area contributed by atoms with Crippen LogP contribution in [0.25, 0.3) is 0 Å². The summed E-state index contributed by atoms with van der Waals surface area (Å²) in [5.41, 5.74) is 2.13. The molecule has 1 fully saturated rings. The summed E-state index contributed by atoms with van der Waals surface area (Å²) < 4.78 is 33.3. The minimum Gasteiger partial charge on any atom is -0.493 e. The number of rotatable bonds is 9. The molecule has 5 rings (SSSR count). The Morgan fingerprint density at radius 3 is 2.00 bits per heavy atom. The van der Waals surface area contributed by atoms with Gasteiger partial charge in [0.25, 0.3) is 0 Å². The van der Waals surface area contributed by atoms with Crippen LogP contribution in [0.5, 0.6) is 5.75 Å². The van der Waals surface area contributed by atoms with Gasteiger partial charge >= 0.3 is 6.03 Å². The van der Waals surface area contributed by atoms with Crippen LogP contribution in [0.4, 0.5) is 4.79 Å². The minimum atomic E-state index is -3.77. The summed E-state index contributed by atoms with van der Waals surface area (Å²) in [6.07, 6.45) is 0. The van der Waals surface area contributed by atoms with Crippen molar-refractivity contribution in [3.05, 3.63) is 93.5 Å². The molecule has 0 unspecified atom stereocenters. The van der Waals surface area contributed by atoms with E-state index in [4.69, 9.17) is 32.9 Å². The second-order valence-corrected chi connectivity index (χ2v) is 15.1. The van der Waals surface area contributed by atoms with Gasteiger partial charge in [-0.05, 0) is 54.4 Å². The molecule has 256 valence electrons. The molecule has 0 N–H and O–H groups in total. The average Bonchev–Trinajstić information content (AvgIpc) is 3.45. The molecule has 14 heteroatoms. The molecule has 2 heterocycles. The highest BCUT2D eigenvalue weighted by Gasteiger charge is 2.45. The third-order valence-electron chi connectivity index (χ3n) is 8.47. The molecule has 0 bridgehead atoms. The van der Waals surface area contributed by atoms with Gasteiger partial charge in [0.15, 0.2) is 0 Å². The molecule has 1 saturated heterocycles. The van der Waals surface area contributed by atoms with Crippen molar-refractivity contribution in [1.29, 1.82) is 0 Å². The van der Waals surface area contributed by atoms with Crippen molar-refractivity contribution in [2.24, 2.45) is 4.99 Å². The van der Waals surface area contributed by atoms with Gasteiger partial charge in [-0.3, -0.25) is 19.6 Å². The first-order valence-corrected chi connectivity index (χ1v) is 17.8. The molecule has 0 aliphatic carbocycles. The number of aliphatic imine (C=N–C) groups is 1. The Kier molecular flexibility index (Phi) is 11.0. The molecule has 3 aromatic rings. The fraction of sp³-hybridized carbons (Fsp3) is 0.382. The van der Waals surface area contributed by atoms with Crippen LogP contribution in [-0.2, 0) is 14.8 Å². The van der Waals surface area contributed by atoms with Crippen LogP contribution in [-0.4, -0.2) is 118 Å². The number of nitrogens with zero attached hydrogens (tertiary/aromatic N) is 6. The lowest BCUT2D eigenvalue weighted by Crippen LogP contribution is -2.55. The van der Waals surface area contributed by atoms with Gasteiger partial charge in [-0.15, -0.1) is 0 Å². The SMILES string of the molecule is CCOc1cc(S(=O)(=O)N(C)C)ccc1C1=N[C@@H](c2ccc(Cl)cc2)[C@@H](c2ccc(Cl)cc2)N1C(=O)N1CCN(CC(=O)N(C)C)CC1. The van der Waals surface area contributed by atoms with Crippen molar-refractivity contribution in [2.45, 2.75) is 23.9 Å². The van der Waals surface area contributed by atoms with E-state index in [0.29, 0.717) is 47.6 Å². The zero-order chi connectivity index (χ0) is 34.7. The van der Waals surface area contributed by atoms with Crippen molar-refractivity contribution >= 4 is 51.0 Å². The number of ether oxygens (including phenoxy) is 1. The molecular weight excluding hydrogens is 675 g/mol. The number of amides is 3. The number of hydrogen-bond acceptors (Lipinski definition) is 7. The second kappa shape index (κ2) is 14.8. The Morgan fingerprint density at radius 2 is 1.46 bits per heavy atom. The maximum atomic E-state index is 14.8. The minimum absolute atomic E-state index is 0.000490. The standard InChI is InChI=1S/C34H40Cl2N6O5S/c1-6-47-29-21-27(48(45,46)39(4)5)15-16-28(29)33-37-31(23-7-11-25(35)12-8-23)32(24-9-13-26(36)14-10-24)42(33)34(44)41-19-17-40(18-20-41)22-30(43)38(2)3/h7-16,21,31-32H,6,17-20,22H2,1-5H3/t31-,32+/m0/s1. The summed E-state index contributed by atoms with van der Waals surface area (Å²) in [6, 6.07) is 17.9. The van der Waals surface area contributed by atoms with Crippen LogP contribution in [0, 0.1) is 0 Å². The number of halogens is 2. The van der Waals surface area contributed by atoms with Crippen molar-refractivity contribution < 1.29 is 22.7 Å². The first-order valence-electron chi connectivity index (χ1n) is 15.6. The van der Waals surface area contributed by atoms with Crippen LogP contribution in [0.15, 0.2) is 76.6 Å². The molecule has 0 spiro atoms. The highest BCUT2D eigenvalue weighted by molar-refractivity contribution is 7.89. The van der Waals surface area contributed by atoms with E-state index in [9.17, 15) is 18.0 Å². The molecule has 0 radical (unpaired) electrons. The third kappa shape index (κ3) is 7.47. The summed E-state index contributed by atoms with van der Waals surface area (Å²) in [6.45, 7) is 4.20. The van der Waals surface area contributed by atoms with Crippen LogP contribution in [0.1, 0.15) is 35.7 Å². The number of amidine groups is 1. The fourth-order valence-corrected chi connectivity index (χ4v) is 6.94. The predicted molar refractivity (Wildman–Crippen MR) is 187 cm³/mol. The number of carbonyl (C=O) groups is 2. The van der Waals surface area contributed by atoms with Gasteiger partial charge in [-0.2, -0.15) is 0 Å². The lowest BCUT2D eigenvalue weighted by Gasteiger charge is -2.39. The molecule has 3 amide bonds. The van der Waals surface area contributed by atoms with Crippen LogP contribution in [0.2, 0.25) is 10.0 Å². The summed E-state index contributed by atoms with van der Waals surface area (Å²) in [7, 11) is 2.61. The van der Waals surface area contributed by atoms with E-state index in [-0.39, 0.29) is 35.7 Å². The van der Waals surface area contributed by atoms with Gasteiger partial charge in [-0.25, -0.2) is 17.5 Å². The highest BCUT2D eigenvalue weighted by atomic mass is 35.5. The van der Waals surface area contributed by atoms with Crippen molar-refractivity contribution in [3.8, 4) is 5.75 Å². The number of sulfonamides is 1. The van der Waals surface area contributed by atoms with Gasteiger partial charge in [-0.1, -0.05) is 47.5 Å². The molecule has 48 heavy (non-hydrogen) atoms. The smallest absolute Gasteiger partial charge is 0.326 e. The van der Waals surface area contributed by atoms with Crippen molar-refractivity contribution in [3.63, 3.8) is 0 Å². The average molecular weight is 716 g/mol.